The van der Waals surface area contributed by atoms with Gasteiger partial charge in [0.2, 0.25) is 5.91 Å². The van der Waals surface area contributed by atoms with Gasteiger partial charge >= 0.3 is 0 Å². The van der Waals surface area contributed by atoms with E-state index in [9.17, 15) is 4.79 Å². The third kappa shape index (κ3) is 3.73. The number of nitrogens with zero attached hydrogens (tertiary/aromatic N) is 2. The van der Waals surface area contributed by atoms with Gasteiger partial charge in [0.15, 0.2) is 0 Å². The first-order valence-electron chi connectivity index (χ1n) is 12.9. The van der Waals surface area contributed by atoms with Gasteiger partial charge < -0.3 is 9.64 Å². The van der Waals surface area contributed by atoms with Crippen molar-refractivity contribution in [1.82, 2.24) is 9.88 Å². The molecule has 0 N–H and O–H groups in total. The summed E-state index contributed by atoms with van der Waals surface area (Å²) < 4.78 is 5.73. The molecule has 3 fully saturated rings. The van der Waals surface area contributed by atoms with Crippen molar-refractivity contribution in [3.8, 4) is 0 Å². The number of carbonyl (C=O) groups is 1. The molecule has 3 aliphatic heterocycles. The highest BCUT2D eigenvalue weighted by atomic mass is 16.5. The Kier molecular flexibility index (Phi) is 5.65. The number of amides is 1. The van der Waals surface area contributed by atoms with Crippen LogP contribution in [0.5, 0.6) is 0 Å². The first-order chi connectivity index (χ1) is 16.6. The fourth-order valence-electron chi connectivity index (χ4n) is 6.99. The van der Waals surface area contributed by atoms with E-state index < -0.39 is 5.41 Å². The fourth-order valence-corrected chi connectivity index (χ4v) is 6.99. The minimum absolute atomic E-state index is 0.363. The first-order valence-corrected chi connectivity index (χ1v) is 12.9. The Labute approximate surface area is 202 Å². The molecular weight excluding hydrogens is 420 g/mol. The Morgan fingerprint density at radius 1 is 1.06 bits per heavy atom. The SMILES string of the molecule is Cc1cccc(C2(C(=O)N3[C@H]4CC[C@H]3CC(Cc3cccc5ccncc35)C4)CCOCC2)c1. The first kappa shape index (κ1) is 21.8. The molecule has 0 unspecified atom stereocenters. The standard InChI is InChI=1S/C30H34N2O2/c1-21-4-2-7-25(16-21)30(11-14-34-15-12-30)29(33)32-26-8-9-27(32)19-22(18-26)17-24-6-3-5-23-10-13-31-20-28(23)24/h2-7,10,13,16,20,22,26-27H,8-9,11-12,14-15,17-19H2,1H3/t26-,27-/m0/s1. The summed E-state index contributed by atoms with van der Waals surface area (Å²) in [4.78, 5) is 21.1. The van der Waals surface area contributed by atoms with Crippen LogP contribution in [0.3, 0.4) is 0 Å². The third-order valence-electron chi connectivity index (χ3n) is 8.67. The van der Waals surface area contributed by atoms with Crippen molar-refractivity contribution in [3.63, 3.8) is 0 Å². The molecule has 0 spiro atoms. The highest BCUT2D eigenvalue weighted by Crippen LogP contribution is 2.45. The Hall–Kier alpha value is -2.72. The molecule has 0 aliphatic carbocycles. The van der Waals surface area contributed by atoms with Crippen molar-refractivity contribution in [2.75, 3.05) is 13.2 Å². The number of fused-ring (bicyclic) bond motifs is 3. The minimum Gasteiger partial charge on any atom is -0.381 e. The van der Waals surface area contributed by atoms with Crippen LogP contribution in [0, 0.1) is 12.8 Å². The minimum atomic E-state index is -0.431. The van der Waals surface area contributed by atoms with E-state index in [2.05, 4.69) is 65.3 Å². The van der Waals surface area contributed by atoms with Gasteiger partial charge in [0.1, 0.15) is 0 Å². The molecule has 3 aliphatic rings. The lowest BCUT2D eigenvalue weighted by atomic mass is 9.71. The summed E-state index contributed by atoms with van der Waals surface area (Å²) >= 11 is 0. The summed E-state index contributed by atoms with van der Waals surface area (Å²) in [6, 6.07) is 18.1. The number of pyridine rings is 1. The van der Waals surface area contributed by atoms with E-state index in [1.165, 1.54) is 27.5 Å². The average molecular weight is 455 g/mol. The van der Waals surface area contributed by atoms with Crippen LogP contribution in [0.1, 0.15) is 55.2 Å². The summed E-state index contributed by atoms with van der Waals surface area (Å²) in [5.41, 5.74) is 3.38. The number of aromatic nitrogens is 1. The highest BCUT2D eigenvalue weighted by Gasteiger charge is 2.51. The topological polar surface area (TPSA) is 42.4 Å². The van der Waals surface area contributed by atoms with Crippen molar-refractivity contribution >= 4 is 16.7 Å². The Balaban J connectivity index is 1.25. The van der Waals surface area contributed by atoms with Gasteiger partial charge in [-0.15, -0.1) is 0 Å². The van der Waals surface area contributed by atoms with Gasteiger partial charge in [-0.05, 0) is 80.4 Å². The van der Waals surface area contributed by atoms with Crippen LogP contribution in [0.2, 0.25) is 0 Å². The molecule has 1 amide bonds. The summed E-state index contributed by atoms with van der Waals surface area (Å²) in [6.07, 6.45) is 11.0. The number of piperidine rings is 1. The second kappa shape index (κ2) is 8.81. The molecule has 0 radical (unpaired) electrons. The predicted octanol–water partition coefficient (Wildman–Crippen LogP) is 5.60. The quantitative estimate of drug-likeness (QED) is 0.515. The zero-order valence-corrected chi connectivity index (χ0v) is 20.1. The Morgan fingerprint density at radius 3 is 2.59 bits per heavy atom. The van der Waals surface area contributed by atoms with E-state index in [1.54, 1.807) is 0 Å². The van der Waals surface area contributed by atoms with Crippen LogP contribution in [0.25, 0.3) is 10.8 Å². The molecular formula is C30H34N2O2. The molecule has 2 atom stereocenters. The van der Waals surface area contributed by atoms with Crippen LogP contribution in [0.4, 0.5) is 0 Å². The fraction of sp³-hybridized carbons (Fsp3) is 0.467. The van der Waals surface area contributed by atoms with Crippen LogP contribution < -0.4 is 0 Å². The zero-order valence-electron chi connectivity index (χ0n) is 20.1. The second-order valence-corrected chi connectivity index (χ2v) is 10.7. The number of hydrogen-bond acceptors (Lipinski definition) is 3. The Bertz CT molecular complexity index is 1180. The van der Waals surface area contributed by atoms with Gasteiger partial charge in [0.25, 0.3) is 0 Å². The molecule has 1 aromatic heterocycles. The molecule has 4 nitrogen and oxygen atoms in total. The average Bonchev–Trinajstić information content (AvgIpc) is 3.14. The van der Waals surface area contributed by atoms with E-state index in [1.807, 2.05) is 12.4 Å². The molecule has 2 bridgehead atoms. The van der Waals surface area contributed by atoms with Crippen molar-refractivity contribution in [2.24, 2.45) is 5.92 Å². The number of carbonyl (C=O) groups excluding carboxylic acids is 1. The molecule has 6 rings (SSSR count). The smallest absolute Gasteiger partial charge is 0.233 e. The monoisotopic (exact) mass is 454 g/mol. The summed E-state index contributed by atoms with van der Waals surface area (Å²) in [5.74, 6) is 0.985. The van der Waals surface area contributed by atoms with E-state index in [0.29, 0.717) is 37.1 Å². The van der Waals surface area contributed by atoms with Gasteiger partial charge in [-0.2, -0.15) is 0 Å². The number of rotatable bonds is 4. The largest absolute Gasteiger partial charge is 0.381 e. The molecule has 34 heavy (non-hydrogen) atoms. The number of ether oxygens (including phenoxy) is 1. The lowest BCUT2D eigenvalue weighted by Gasteiger charge is -2.46. The van der Waals surface area contributed by atoms with Crippen LogP contribution in [0.15, 0.2) is 60.9 Å². The lowest BCUT2D eigenvalue weighted by Crippen LogP contribution is -2.56. The van der Waals surface area contributed by atoms with Crippen LogP contribution >= 0.6 is 0 Å². The third-order valence-corrected chi connectivity index (χ3v) is 8.67. The van der Waals surface area contributed by atoms with Crippen LogP contribution in [-0.2, 0) is 21.4 Å². The van der Waals surface area contributed by atoms with Gasteiger partial charge in [-0.1, -0.05) is 48.0 Å². The lowest BCUT2D eigenvalue weighted by molar-refractivity contribution is -0.146. The van der Waals surface area contributed by atoms with Crippen molar-refractivity contribution in [1.29, 1.82) is 0 Å². The normalized spacial score (nSPS) is 26.0. The second-order valence-electron chi connectivity index (χ2n) is 10.7. The zero-order chi connectivity index (χ0) is 23.1. The molecule has 4 heteroatoms. The van der Waals surface area contributed by atoms with Crippen molar-refractivity contribution < 1.29 is 9.53 Å². The number of benzene rings is 2. The molecule has 2 aromatic carbocycles. The maximum absolute atomic E-state index is 14.3. The van der Waals surface area contributed by atoms with Crippen LogP contribution in [-0.4, -0.2) is 41.1 Å². The maximum Gasteiger partial charge on any atom is 0.233 e. The van der Waals surface area contributed by atoms with E-state index >= 15 is 0 Å². The number of aryl methyl sites for hydroxylation is 1. The van der Waals surface area contributed by atoms with Gasteiger partial charge in [0.05, 0.1) is 5.41 Å². The van der Waals surface area contributed by atoms with Gasteiger partial charge in [-0.25, -0.2) is 0 Å². The molecule has 0 saturated carbocycles. The van der Waals surface area contributed by atoms with Gasteiger partial charge in [-0.3, -0.25) is 9.78 Å². The molecule has 3 aromatic rings. The summed E-state index contributed by atoms with van der Waals surface area (Å²) in [6.45, 7) is 3.46. The van der Waals surface area contributed by atoms with E-state index in [-0.39, 0.29) is 0 Å². The molecule has 4 heterocycles. The van der Waals surface area contributed by atoms with Crippen molar-refractivity contribution in [3.05, 3.63) is 77.6 Å². The van der Waals surface area contributed by atoms with E-state index in [4.69, 9.17) is 4.74 Å². The summed E-state index contributed by atoms with van der Waals surface area (Å²) in [7, 11) is 0. The maximum atomic E-state index is 14.3. The molecule has 3 saturated heterocycles. The van der Waals surface area contributed by atoms with E-state index in [0.717, 1.165) is 44.9 Å². The molecule has 176 valence electrons. The highest BCUT2D eigenvalue weighted by molar-refractivity contribution is 5.89. The Morgan fingerprint density at radius 2 is 1.82 bits per heavy atom. The summed E-state index contributed by atoms with van der Waals surface area (Å²) in [5, 5.41) is 2.54. The predicted molar refractivity (Wildman–Crippen MR) is 135 cm³/mol. The number of hydrogen-bond donors (Lipinski definition) is 0. The van der Waals surface area contributed by atoms with Crippen molar-refractivity contribution in [2.45, 2.75) is 69.4 Å². The van der Waals surface area contributed by atoms with Gasteiger partial charge in [0, 0.05) is 43.1 Å².